The van der Waals surface area contributed by atoms with Crippen molar-refractivity contribution in [1.29, 1.82) is 0 Å². The molecule has 162 valence electrons. The van der Waals surface area contributed by atoms with Crippen molar-refractivity contribution in [2.45, 2.75) is 0 Å². The molecule has 0 radical (unpaired) electrons. The molecule has 4 rings (SSSR count). The van der Waals surface area contributed by atoms with Crippen LogP contribution in [0.1, 0.15) is 0 Å². The summed E-state index contributed by atoms with van der Waals surface area (Å²) >= 11 is 0. The van der Waals surface area contributed by atoms with E-state index in [-0.39, 0.29) is 12.4 Å². The number of nitrogen functional groups attached to an aromatic ring is 1. The minimum Gasteiger partial charge on any atom is -0.399 e. The van der Waals surface area contributed by atoms with Crippen LogP contribution in [0, 0.1) is 0 Å². The number of rotatable bonds is 5. The van der Waals surface area contributed by atoms with Gasteiger partial charge in [-0.25, -0.2) is 0 Å². The Balaban J connectivity index is 0.000000220. The molecule has 4 aromatic carbocycles. The zero-order valence-electron chi connectivity index (χ0n) is 17.7. The number of benzene rings is 4. The normalized spacial score (nSPS) is 10.3. The Morgan fingerprint density at radius 2 is 0.844 bits per heavy atom. The van der Waals surface area contributed by atoms with Gasteiger partial charge in [0.1, 0.15) is 0 Å². The van der Waals surface area contributed by atoms with E-state index in [0.717, 1.165) is 34.1 Å². The molecule has 0 spiro atoms. The zero-order valence-corrected chi connectivity index (χ0v) is 18.5. The van der Waals surface area contributed by atoms with Gasteiger partial charge in [0.15, 0.2) is 0 Å². The highest BCUT2D eigenvalue weighted by Crippen LogP contribution is 2.20. The molecule has 0 saturated heterocycles. The second-order valence-electron chi connectivity index (χ2n) is 6.46. The number of hydrogen-bond acceptors (Lipinski definition) is 6. The van der Waals surface area contributed by atoms with Crippen molar-refractivity contribution in [2.24, 2.45) is 20.5 Å². The van der Waals surface area contributed by atoms with Crippen molar-refractivity contribution < 1.29 is 0 Å². The first-order valence-corrected chi connectivity index (χ1v) is 9.80. The Labute approximate surface area is 194 Å². The number of halogens is 1. The summed E-state index contributed by atoms with van der Waals surface area (Å²) in [5.41, 5.74) is 10.7. The maximum Gasteiger partial charge on any atom is 0.0858 e. The van der Waals surface area contributed by atoms with Crippen molar-refractivity contribution in [3.8, 4) is 0 Å². The van der Waals surface area contributed by atoms with Crippen LogP contribution in [0.5, 0.6) is 0 Å². The average Bonchev–Trinajstić information content (AvgIpc) is 2.84. The lowest BCUT2D eigenvalue weighted by molar-refractivity contribution is 1.23. The standard InChI is InChI=1S/C13H13N3.C12H11N3.ClH/c1-14-11-7-9-13(10-8-11)16-15-12-5-3-2-4-6-12;13-10-6-8-12(9-7-10)15-14-11-4-2-1-3-5-11;/h2-10,14H,1H3;1-9H,13H2;1H. The Bertz CT molecular complexity index is 1100. The molecule has 0 aromatic heterocycles. The molecule has 0 aliphatic heterocycles. The van der Waals surface area contributed by atoms with Crippen LogP contribution in [0.3, 0.4) is 0 Å². The molecule has 0 saturated carbocycles. The van der Waals surface area contributed by atoms with Crippen LogP contribution in [0.4, 0.5) is 34.1 Å². The molecule has 7 heteroatoms. The molecule has 0 unspecified atom stereocenters. The molecule has 0 heterocycles. The molecule has 0 fully saturated rings. The summed E-state index contributed by atoms with van der Waals surface area (Å²) in [6, 6.07) is 34.4. The molecule has 0 aliphatic rings. The summed E-state index contributed by atoms with van der Waals surface area (Å²) in [5.74, 6) is 0. The van der Waals surface area contributed by atoms with E-state index in [4.69, 9.17) is 5.73 Å². The van der Waals surface area contributed by atoms with E-state index in [1.807, 2.05) is 104 Å². The van der Waals surface area contributed by atoms with E-state index < -0.39 is 0 Å². The number of anilines is 2. The number of hydrogen-bond donors (Lipinski definition) is 2. The van der Waals surface area contributed by atoms with Crippen LogP contribution in [0.15, 0.2) is 130 Å². The van der Waals surface area contributed by atoms with Gasteiger partial charge in [0.25, 0.3) is 0 Å². The molecular weight excluding hydrogens is 420 g/mol. The van der Waals surface area contributed by atoms with Crippen LogP contribution < -0.4 is 11.1 Å². The van der Waals surface area contributed by atoms with Gasteiger partial charge in [-0.3, -0.25) is 0 Å². The first-order valence-electron chi connectivity index (χ1n) is 9.80. The van der Waals surface area contributed by atoms with Crippen LogP contribution >= 0.6 is 12.4 Å². The first kappa shape index (κ1) is 24.2. The second-order valence-corrected chi connectivity index (χ2v) is 6.46. The largest absolute Gasteiger partial charge is 0.399 e. The van der Waals surface area contributed by atoms with Gasteiger partial charge < -0.3 is 11.1 Å². The van der Waals surface area contributed by atoms with Gasteiger partial charge in [-0.05, 0) is 72.8 Å². The van der Waals surface area contributed by atoms with Crippen LogP contribution in [-0.2, 0) is 0 Å². The third kappa shape index (κ3) is 8.38. The number of nitrogens with two attached hydrogens (primary N) is 1. The molecule has 0 atom stereocenters. The molecule has 4 aromatic rings. The number of nitrogens with zero attached hydrogens (tertiary/aromatic N) is 4. The number of nitrogens with one attached hydrogen (secondary N) is 1. The van der Waals surface area contributed by atoms with E-state index >= 15 is 0 Å². The van der Waals surface area contributed by atoms with E-state index in [0.29, 0.717) is 0 Å². The average molecular weight is 445 g/mol. The highest BCUT2D eigenvalue weighted by molar-refractivity contribution is 5.85. The third-order valence-corrected chi connectivity index (χ3v) is 4.12. The number of azo groups is 2. The van der Waals surface area contributed by atoms with Gasteiger partial charge in [0.05, 0.1) is 22.7 Å². The monoisotopic (exact) mass is 444 g/mol. The lowest BCUT2D eigenvalue weighted by Crippen LogP contribution is -1.84. The predicted octanol–water partition coefficient (Wildman–Crippen LogP) is 8.25. The summed E-state index contributed by atoms with van der Waals surface area (Å²) in [4.78, 5) is 0. The Hall–Kier alpha value is -4.03. The van der Waals surface area contributed by atoms with Crippen molar-refractivity contribution in [3.05, 3.63) is 109 Å². The van der Waals surface area contributed by atoms with Crippen molar-refractivity contribution >= 4 is 46.5 Å². The maximum absolute atomic E-state index is 5.56. The van der Waals surface area contributed by atoms with Gasteiger partial charge in [-0.1, -0.05) is 36.4 Å². The van der Waals surface area contributed by atoms with Crippen molar-refractivity contribution in [1.82, 2.24) is 0 Å². The quantitative estimate of drug-likeness (QED) is 0.239. The van der Waals surface area contributed by atoms with Crippen LogP contribution in [-0.4, -0.2) is 7.05 Å². The van der Waals surface area contributed by atoms with Crippen molar-refractivity contribution in [3.63, 3.8) is 0 Å². The Morgan fingerprint density at radius 3 is 1.22 bits per heavy atom. The van der Waals surface area contributed by atoms with E-state index in [1.165, 1.54) is 0 Å². The SMILES string of the molecule is CNc1ccc(N=Nc2ccccc2)cc1.Cl.Nc1ccc(N=Nc2ccccc2)cc1. The summed E-state index contributed by atoms with van der Waals surface area (Å²) in [6.45, 7) is 0. The maximum atomic E-state index is 5.56. The first-order chi connectivity index (χ1) is 15.2. The van der Waals surface area contributed by atoms with Crippen LogP contribution in [0.25, 0.3) is 0 Å². The Morgan fingerprint density at radius 1 is 0.500 bits per heavy atom. The lowest BCUT2D eigenvalue weighted by Gasteiger charge is -1.98. The fourth-order valence-corrected chi connectivity index (χ4v) is 2.46. The second kappa shape index (κ2) is 13.3. The molecule has 3 N–H and O–H groups in total. The minimum atomic E-state index is 0. The van der Waals surface area contributed by atoms with Crippen molar-refractivity contribution in [2.75, 3.05) is 18.1 Å². The van der Waals surface area contributed by atoms with E-state index in [2.05, 4.69) is 25.8 Å². The van der Waals surface area contributed by atoms with Gasteiger partial charge in [0, 0.05) is 18.4 Å². The molecule has 32 heavy (non-hydrogen) atoms. The highest BCUT2D eigenvalue weighted by Gasteiger charge is 1.91. The van der Waals surface area contributed by atoms with Gasteiger partial charge in [0.2, 0.25) is 0 Å². The van der Waals surface area contributed by atoms with E-state index in [9.17, 15) is 0 Å². The smallest absolute Gasteiger partial charge is 0.0858 e. The predicted molar refractivity (Wildman–Crippen MR) is 135 cm³/mol. The van der Waals surface area contributed by atoms with Gasteiger partial charge in [-0.2, -0.15) is 20.5 Å². The zero-order chi connectivity index (χ0) is 21.7. The molecule has 0 bridgehead atoms. The summed E-state index contributed by atoms with van der Waals surface area (Å²) in [5, 5.41) is 19.5. The third-order valence-electron chi connectivity index (χ3n) is 4.12. The summed E-state index contributed by atoms with van der Waals surface area (Å²) in [7, 11) is 1.89. The fourth-order valence-electron chi connectivity index (χ4n) is 2.46. The summed E-state index contributed by atoms with van der Waals surface area (Å²) in [6.07, 6.45) is 0. The minimum absolute atomic E-state index is 0. The van der Waals surface area contributed by atoms with Gasteiger partial charge in [-0.15, -0.1) is 12.4 Å². The van der Waals surface area contributed by atoms with Crippen LogP contribution in [0.2, 0.25) is 0 Å². The lowest BCUT2D eigenvalue weighted by atomic mass is 10.3. The molecule has 0 amide bonds. The molecule has 0 aliphatic carbocycles. The molecular formula is C25H25ClN6. The Kier molecular flexibility index (Phi) is 10.1. The molecule has 6 nitrogen and oxygen atoms in total. The van der Waals surface area contributed by atoms with E-state index in [1.54, 1.807) is 12.1 Å². The summed E-state index contributed by atoms with van der Waals surface area (Å²) < 4.78 is 0. The highest BCUT2D eigenvalue weighted by atomic mass is 35.5. The fraction of sp³-hybridized carbons (Fsp3) is 0.0400. The topological polar surface area (TPSA) is 87.5 Å². The van der Waals surface area contributed by atoms with Gasteiger partial charge >= 0.3 is 0 Å².